The molecule has 2 heterocycles. The highest BCUT2D eigenvalue weighted by molar-refractivity contribution is 5.92. The third-order valence-electron chi connectivity index (χ3n) is 3.63. The second-order valence-corrected chi connectivity index (χ2v) is 5.04. The largest absolute Gasteiger partial charge is 0.383 e. The SMILES string of the molecule is COCCNC(=O)c1cnc(N2CCc3ccccc32)cn1. The third kappa shape index (κ3) is 2.92. The van der Waals surface area contributed by atoms with Crippen LogP contribution in [-0.4, -0.2) is 42.7 Å². The topological polar surface area (TPSA) is 67.3 Å². The summed E-state index contributed by atoms with van der Waals surface area (Å²) in [5.41, 5.74) is 2.78. The number of amides is 1. The van der Waals surface area contributed by atoms with Crippen LogP contribution in [0, 0.1) is 0 Å². The molecule has 2 aromatic rings. The highest BCUT2D eigenvalue weighted by Gasteiger charge is 2.21. The summed E-state index contributed by atoms with van der Waals surface area (Å²) in [5.74, 6) is 0.524. The Morgan fingerprint density at radius 1 is 1.32 bits per heavy atom. The summed E-state index contributed by atoms with van der Waals surface area (Å²) in [5, 5.41) is 2.72. The number of carbonyl (C=O) groups is 1. The molecule has 3 rings (SSSR count). The zero-order valence-corrected chi connectivity index (χ0v) is 12.5. The van der Waals surface area contributed by atoms with E-state index in [1.165, 1.54) is 11.8 Å². The number of aromatic nitrogens is 2. The average Bonchev–Trinajstić information content (AvgIpc) is 2.99. The van der Waals surface area contributed by atoms with E-state index in [9.17, 15) is 4.79 Å². The number of fused-ring (bicyclic) bond motifs is 1. The minimum Gasteiger partial charge on any atom is -0.383 e. The Morgan fingerprint density at radius 2 is 2.18 bits per heavy atom. The molecule has 1 aromatic carbocycles. The van der Waals surface area contributed by atoms with Crippen molar-refractivity contribution in [2.45, 2.75) is 6.42 Å². The molecule has 0 atom stereocenters. The number of ether oxygens (including phenoxy) is 1. The third-order valence-corrected chi connectivity index (χ3v) is 3.63. The van der Waals surface area contributed by atoms with Crippen molar-refractivity contribution < 1.29 is 9.53 Å². The molecule has 0 fully saturated rings. The molecule has 0 spiro atoms. The van der Waals surface area contributed by atoms with Crippen molar-refractivity contribution in [1.29, 1.82) is 0 Å². The highest BCUT2D eigenvalue weighted by atomic mass is 16.5. The average molecular weight is 298 g/mol. The maximum Gasteiger partial charge on any atom is 0.271 e. The van der Waals surface area contributed by atoms with Gasteiger partial charge < -0.3 is 15.0 Å². The van der Waals surface area contributed by atoms with Gasteiger partial charge in [0.05, 0.1) is 19.0 Å². The Labute approximate surface area is 129 Å². The van der Waals surface area contributed by atoms with Crippen LogP contribution in [0.3, 0.4) is 0 Å². The Bertz CT molecular complexity index is 657. The van der Waals surface area contributed by atoms with E-state index in [2.05, 4.69) is 32.3 Å². The van der Waals surface area contributed by atoms with Crippen LogP contribution < -0.4 is 10.2 Å². The Morgan fingerprint density at radius 3 is 2.95 bits per heavy atom. The summed E-state index contributed by atoms with van der Waals surface area (Å²) < 4.78 is 4.89. The first kappa shape index (κ1) is 14.5. The predicted octanol–water partition coefficient (Wildman–Crippen LogP) is 1.55. The molecule has 1 aliphatic rings. The van der Waals surface area contributed by atoms with Crippen molar-refractivity contribution in [3.05, 3.63) is 47.9 Å². The predicted molar refractivity (Wildman–Crippen MR) is 83.4 cm³/mol. The molecule has 1 amide bonds. The fraction of sp³-hybridized carbons (Fsp3) is 0.312. The summed E-state index contributed by atoms with van der Waals surface area (Å²) in [6, 6.07) is 8.26. The zero-order valence-electron chi connectivity index (χ0n) is 12.5. The van der Waals surface area contributed by atoms with Gasteiger partial charge in [0.1, 0.15) is 5.69 Å². The maximum absolute atomic E-state index is 11.9. The van der Waals surface area contributed by atoms with Gasteiger partial charge in [-0.05, 0) is 18.1 Å². The number of methoxy groups -OCH3 is 1. The van der Waals surface area contributed by atoms with Gasteiger partial charge in [-0.15, -0.1) is 0 Å². The molecule has 0 saturated heterocycles. The van der Waals surface area contributed by atoms with Crippen LogP contribution in [-0.2, 0) is 11.2 Å². The number of benzene rings is 1. The van der Waals surface area contributed by atoms with Crippen LogP contribution in [0.2, 0.25) is 0 Å². The number of para-hydroxylation sites is 1. The molecule has 0 unspecified atom stereocenters. The van der Waals surface area contributed by atoms with Gasteiger partial charge in [0.25, 0.3) is 5.91 Å². The molecular formula is C16H18N4O2. The van der Waals surface area contributed by atoms with E-state index < -0.39 is 0 Å². The molecule has 1 aliphatic heterocycles. The second-order valence-electron chi connectivity index (χ2n) is 5.04. The van der Waals surface area contributed by atoms with Gasteiger partial charge >= 0.3 is 0 Å². The molecule has 22 heavy (non-hydrogen) atoms. The van der Waals surface area contributed by atoms with Crippen LogP contribution >= 0.6 is 0 Å². The number of nitrogens with zero attached hydrogens (tertiary/aromatic N) is 3. The van der Waals surface area contributed by atoms with Crippen molar-refractivity contribution in [2.75, 3.05) is 31.7 Å². The normalized spacial score (nSPS) is 13.0. The van der Waals surface area contributed by atoms with Gasteiger partial charge in [-0.2, -0.15) is 0 Å². The quantitative estimate of drug-likeness (QED) is 0.848. The molecular weight excluding hydrogens is 280 g/mol. The molecule has 1 N–H and O–H groups in total. The van der Waals surface area contributed by atoms with E-state index in [-0.39, 0.29) is 5.91 Å². The molecule has 6 heteroatoms. The lowest BCUT2D eigenvalue weighted by atomic mass is 10.2. The minimum absolute atomic E-state index is 0.238. The van der Waals surface area contributed by atoms with Crippen molar-refractivity contribution >= 4 is 17.4 Å². The van der Waals surface area contributed by atoms with Crippen molar-refractivity contribution in [2.24, 2.45) is 0 Å². The summed E-state index contributed by atoms with van der Waals surface area (Å²) in [6.07, 6.45) is 4.16. The number of hydrogen-bond acceptors (Lipinski definition) is 5. The van der Waals surface area contributed by atoms with Gasteiger partial charge in [0.15, 0.2) is 5.82 Å². The lowest BCUT2D eigenvalue weighted by molar-refractivity contribution is 0.0932. The first-order chi connectivity index (χ1) is 10.8. The van der Waals surface area contributed by atoms with Crippen LogP contribution in [0.5, 0.6) is 0 Å². The van der Waals surface area contributed by atoms with Gasteiger partial charge in [-0.3, -0.25) is 4.79 Å². The van der Waals surface area contributed by atoms with E-state index in [4.69, 9.17) is 4.74 Å². The fourth-order valence-electron chi connectivity index (χ4n) is 2.51. The van der Waals surface area contributed by atoms with Crippen LogP contribution in [0.25, 0.3) is 0 Å². The molecule has 0 bridgehead atoms. The Balaban J connectivity index is 1.71. The number of hydrogen-bond donors (Lipinski definition) is 1. The highest BCUT2D eigenvalue weighted by Crippen LogP contribution is 2.32. The summed E-state index contributed by atoms with van der Waals surface area (Å²) in [4.78, 5) is 22.6. The van der Waals surface area contributed by atoms with Crippen molar-refractivity contribution in [3.63, 3.8) is 0 Å². The van der Waals surface area contributed by atoms with E-state index in [1.54, 1.807) is 13.3 Å². The van der Waals surface area contributed by atoms with Crippen LogP contribution in [0.4, 0.5) is 11.5 Å². The van der Waals surface area contributed by atoms with E-state index in [0.29, 0.717) is 18.8 Å². The monoisotopic (exact) mass is 298 g/mol. The number of carbonyl (C=O) groups excluding carboxylic acids is 1. The number of rotatable bonds is 5. The lowest BCUT2D eigenvalue weighted by Gasteiger charge is -2.17. The summed E-state index contributed by atoms with van der Waals surface area (Å²) in [7, 11) is 1.59. The first-order valence-electron chi connectivity index (χ1n) is 7.24. The standard InChI is InChI=1S/C16H18N4O2/c1-22-9-7-17-16(21)13-10-19-15(11-18-13)20-8-6-12-4-2-3-5-14(12)20/h2-5,10-11H,6-9H2,1H3,(H,17,21). The van der Waals surface area contributed by atoms with Crippen LogP contribution in [0.15, 0.2) is 36.7 Å². The number of nitrogens with one attached hydrogen (secondary N) is 1. The smallest absolute Gasteiger partial charge is 0.271 e. The zero-order chi connectivity index (χ0) is 15.4. The lowest BCUT2D eigenvalue weighted by Crippen LogP contribution is -2.28. The summed E-state index contributed by atoms with van der Waals surface area (Å²) >= 11 is 0. The fourth-order valence-corrected chi connectivity index (χ4v) is 2.51. The van der Waals surface area contributed by atoms with Crippen molar-refractivity contribution in [3.8, 4) is 0 Å². The minimum atomic E-state index is -0.238. The summed E-state index contributed by atoms with van der Waals surface area (Å²) in [6.45, 7) is 1.81. The molecule has 1 aromatic heterocycles. The van der Waals surface area contributed by atoms with Crippen LogP contribution in [0.1, 0.15) is 16.1 Å². The molecule has 0 aliphatic carbocycles. The molecule has 0 radical (unpaired) electrons. The Hall–Kier alpha value is -2.47. The first-order valence-corrected chi connectivity index (χ1v) is 7.24. The van der Waals surface area contributed by atoms with Gasteiger partial charge in [-0.1, -0.05) is 18.2 Å². The molecule has 6 nitrogen and oxygen atoms in total. The van der Waals surface area contributed by atoms with Gasteiger partial charge in [0.2, 0.25) is 0 Å². The van der Waals surface area contributed by atoms with Crippen molar-refractivity contribution in [1.82, 2.24) is 15.3 Å². The van der Waals surface area contributed by atoms with Gasteiger partial charge in [-0.25, -0.2) is 9.97 Å². The molecule has 114 valence electrons. The van der Waals surface area contributed by atoms with E-state index in [1.807, 2.05) is 12.1 Å². The number of anilines is 2. The van der Waals surface area contributed by atoms with E-state index in [0.717, 1.165) is 24.5 Å². The van der Waals surface area contributed by atoms with E-state index >= 15 is 0 Å². The second kappa shape index (κ2) is 6.53. The maximum atomic E-state index is 11.9. The molecule has 0 saturated carbocycles. The Kier molecular flexibility index (Phi) is 4.29. The van der Waals surface area contributed by atoms with Gasteiger partial charge in [0, 0.05) is 25.9 Å².